The molecule has 0 fully saturated rings. The Morgan fingerprint density at radius 2 is 1.88 bits per heavy atom. The van der Waals surface area contributed by atoms with Crippen molar-refractivity contribution < 1.29 is 18.3 Å². The van der Waals surface area contributed by atoms with E-state index in [4.69, 9.17) is 5.11 Å². The van der Waals surface area contributed by atoms with E-state index in [2.05, 4.69) is 0 Å². The molecule has 17 heavy (non-hydrogen) atoms. The average molecular weight is 256 g/mol. The summed E-state index contributed by atoms with van der Waals surface area (Å²) in [5, 5.41) is 8.45. The van der Waals surface area contributed by atoms with Gasteiger partial charge < -0.3 is 5.11 Å². The maximum Gasteiger partial charge on any atom is 0.318 e. The zero-order chi connectivity index (χ0) is 13.1. The Bertz CT molecular complexity index is 517. The minimum absolute atomic E-state index is 0.123. The molecular formula is C12H16O4S. The van der Waals surface area contributed by atoms with Gasteiger partial charge in [-0.15, -0.1) is 0 Å². The minimum Gasteiger partial charge on any atom is -0.480 e. The third-order valence-corrected chi connectivity index (χ3v) is 4.13. The third kappa shape index (κ3) is 4.56. The lowest BCUT2D eigenvalue weighted by molar-refractivity contribution is -0.134. The van der Waals surface area contributed by atoms with E-state index in [-0.39, 0.29) is 5.75 Å². The van der Waals surface area contributed by atoms with E-state index in [0.717, 1.165) is 16.7 Å². The van der Waals surface area contributed by atoms with Gasteiger partial charge in [-0.2, -0.15) is 0 Å². The van der Waals surface area contributed by atoms with Gasteiger partial charge in [0.05, 0.1) is 5.75 Å². The molecule has 1 aromatic carbocycles. The van der Waals surface area contributed by atoms with Gasteiger partial charge in [-0.25, -0.2) is 8.42 Å². The van der Waals surface area contributed by atoms with Gasteiger partial charge in [-0.1, -0.05) is 18.2 Å². The smallest absolute Gasteiger partial charge is 0.318 e. The highest BCUT2D eigenvalue weighted by Gasteiger charge is 2.15. The van der Waals surface area contributed by atoms with Crippen LogP contribution in [0.5, 0.6) is 0 Å². The van der Waals surface area contributed by atoms with E-state index in [9.17, 15) is 13.2 Å². The predicted molar refractivity (Wildman–Crippen MR) is 65.9 cm³/mol. The largest absolute Gasteiger partial charge is 0.480 e. The molecule has 0 amide bonds. The van der Waals surface area contributed by atoms with Gasteiger partial charge in [0.25, 0.3) is 0 Å². The molecule has 0 aliphatic rings. The second kappa shape index (κ2) is 5.31. The Labute approximate surface area is 101 Å². The highest BCUT2D eigenvalue weighted by molar-refractivity contribution is 7.92. The fraction of sp³-hybridized carbons (Fsp3) is 0.417. The molecule has 5 heteroatoms. The van der Waals surface area contributed by atoms with Crippen LogP contribution >= 0.6 is 0 Å². The van der Waals surface area contributed by atoms with Gasteiger partial charge in [0.1, 0.15) is 5.75 Å². The zero-order valence-corrected chi connectivity index (χ0v) is 10.8. The van der Waals surface area contributed by atoms with Crippen molar-refractivity contribution in [3.05, 3.63) is 34.9 Å². The molecule has 0 saturated heterocycles. The van der Waals surface area contributed by atoms with Gasteiger partial charge in [-0.3, -0.25) is 4.79 Å². The highest BCUT2D eigenvalue weighted by atomic mass is 32.2. The summed E-state index contributed by atoms with van der Waals surface area (Å²) in [5.41, 5.74) is 3.18. The summed E-state index contributed by atoms with van der Waals surface area (Å²) >= 11 is 0. The van der Waals surface area contributed by atoms with Crippen LogP contribution in [0.15, 0.2) is 18.2 Å². The maximum absolute atomic E-state index is 11.4. The number of rotatable bonds is 5. The first-order valence-electron chi connectivity index (χ1n) is 5.28. The molecule has 0 saturated carbocycles. The molecule has 0 aromatic heterocycles. The molecule has 0 atom stereocenters. The van der Waals surface area contributed by atoms with E-state index in [1.165, 1.54) is 0 Å². The van der Waals surface area contributed by atoms with E-state index >= 15 is 0 Å². The summed E-state index contributed by atoms with van der Waals surface area (Å²) in [6.07, 6.45) is 0.358. The minimum atomic E-state index is -3.50. The van der Waals surface area contributed by atoms with Crippen LogP contribution in [0.25, 0.3) is 0 Å². The van der Waals surface area contributed by atoms with Gasteiger partial charge in [0.15, 0.2) is 9.84 Å². The Morgan fingerprint density at radius 3 is 2.41 bits per heavy atom. The molecule has 0 spiro atoms. The summed E-state index contributed by atoms with van der Waals surface area (Å²) in [6, 6.07) is 5.75. The molecule has 0 aliphatic carbocycles. The number of aryl methyl sites for hydroxylation is 3. The van der Waals surface area contributed by atoms with Crippen LogP contribution < -0.4 is 0 Å². The summed E-state index contributed by atoms with van der Waals surface area (Å²) in [5.74, 6) is -2.22. The normalized spacial score (nSPS) is 11.4. The van der Waals surface area contributed by atoms with Crippen LogP contribution in [0.4, 0.5) is 0 Å². The summed E-state index contributed by atoms with van der Waals surface area (Å²) in [4.78, 5) is 10.3. The lowest BCUT2D eigenvalue weighted by Gasteiger charge is -2.05. The first kappa shape index (κ1) is 13.7. The number of aliphatic carboxylic acids is 1. The summed E-state index contributed by atoms with van der Waals surface area (Å²) < 4.78 is 22.8. The Kier molecular flexibility index (Phi) is 4.28. The molecule has 1 N–H and O–H groups in total. The first-order valence-corrected chi connectivity index (χ1v) is 7.10. The first-order chi connectivity index (χ1) is 7.80. The van der Waals surface area contributed by atoms with Crippen molar-refractivity contribution in [3.8, 4) is 0 Å². The van der Waals surface area contributed by atoms with Gasteiger partial charge in [-0.05, 0) is 37.0 Å². The maximum atomic E-state index is 11.4. The molecule has 0 unspecified atom stereocenters. The lowest BCUT2D eigenvalue weighted by atomic mass is 10.1. The molecule has 4 nitrogen and oxygen atoms in total. The fourth-order valence-electron chi connectivity index (χ4n) is 1.49. The van der Waals surface area contributed by atoms with Crippen molar-refractivity contribution in [1.29, 1.82) is 0 Å². The van der Waals surface area contributed by atoms with E-state index < -0.39 is 21.6 Å². The topological polar surface area (TPSA) is 71.4 Å². The summed E-state index contributed by atoms with van der Waals surface area (Å²) in [6.45, 7) is 3.95. The number of carboxylic acid groups (broad SMARTS) is 1. The fourth-order valence-corrected chi connectivity index (χ4v) is 2.56. The second-order valence-corrected chi connectivity index (χ2v) is 6.34. The van der Waals surface area contributed by atoms with E-state index in [0.29, 0.717) is 6.42 Å². The lowest BCUT2D eigenvalue weighted by Crippen LogP contribution is -2.19. The number of carbonyl (C=O) groups is 1. The number of sulfone groups is 1. The number of hydrogen-bond donors (Lipinski definition) is 1. The van der Waals surface area contributed by atoms with Crippen LogP contribution in [-0.2, 0) is 21.1 Å². The Morgan fingerprint density at radius 1 is 1.24 bits per heavy atom. The quantitative estimate of drug-likeness (QED) is 0.863. The summed E-state index contributed by atoms with van der Waals surface area (Å²) in [7, 11) is -3.50. The molecule has 94 valence electrons. The van der Waals surface area contributed by atoms with Crippen molar-refractivity contribution in [3.63, 3.8) is 0 Å². The number of benzene rings is 1. The molecule has 1 rings (SSSR count). The number of carboxylic acids is 1. The molecule has 0 bridgehead atoms. The van der Waals surface area contributed by atoms with Crippen molar-refractivity contribution in [1.82, 2.24) is 0 Å². The van der Waals surface area contributed by atoms with E-state index in [1.807, 2.05) is 32.0 Å². The van der Waals surface area contributed by atoms with E-state index in [1.54, 1.807) is 0 Å². The SMILES string of the molecule is Cc1ccc(CCS(=O)(=O)CC(=O)O)cc1C. The van der Waals surface area contributed by atoms with Crippen molar-refractivity contribution in [2.45, 2.75) is 20.3 Å². The monoisotopic (exact) mass is 256 g/mol. The standard InChI is InChI=1S/C12H16O4S/c1-9-3-4-11(7-10(9)2)5-6-17(15,16)8-12(13)14/h3-4,7H,5-6,8H2,1-2H3,(H,13,14). The number of hydrogen-bond acceptors (Lipinski definition) is 3. The van der Waals surface area contributed by atoms with Crippen molar-refractivity contribution >= 4 is 15.8 Å². The molecule has 0 radical (unpaired) electrons. The zero-order valence-electron chi connectivity index (χ0n) is 9.93. The second-order valence-electron chi connectivity index (χ2n) is 4.15. The van der Waals surface area contributed by atoms with Crippen LogP contribution in [0.1, 0.15) is 16.7 Å². The van der Waals surface area contributed by atoms with Gasteiger partial charge >= 0.3 is 5.97 Å². The molecule has 0 aliphatic heterocycles. The third-order valence-electron chi connectivity index (χ3n) is 2.62. The Balaban J connectivity index is 2.67. The van der Waals surface area contributed by atoms with Crippen molar-refractivity contribution in [2.75, 3.05) is 11.5 Å². The Hall–Kier alpha value is -1.36. The van der Waals surface area contributed by atoms with Crippen LogP contribution in [0.3, 0.4) is 0 Å². The molecular weight excluding hydrogens is 240 g/mol. The predicted octanol–water partition coefficient (Wildman–Crippen LogP) is 1.35. The molecule has 0 heterocycles. The van der Waals surface area contributed by atoms with Gasteiger partial charge in [0, 0.05) is 0 Å². The van der Waals surface area contributed by atoms with Crippen LogP contribution in [0, 0.1) is 13.8 Å². The van der Waals surface area contributed by atoms with Crippen LogP contribution in [0.2, 0.25) is 0 Å². The molecule has 1 aromatic rings. The van der Waals surface area contributed by atoms with Crippen molar-refractivity contribution in [2.24, 2.45) is 0 Å². The van der Waals surface area contributed by atoms with Gasteiger partial charge in [0.2, 0.25) is 0 Å². The van der Waals surface area contributed by atoms with Crippen LogP contribution in [-0.4, -0.2) is 31.0 Å². The average Bonchev–Trinajstić information content (AvgIpc) is 2.18. The highest BCUT2D eigenvalue weighted by Crippen LogP contribution is 2.11.